The highest BCUT2D eigenvalue weighted by molar-refractivity contribution is 5.99. The lowest BCUT2D eigenvalue weighted by Crippen LogP contribution is -2.47. The van der Waals surface area contributed by atoms with E-state index in [0.29, 0.717) is 11.5 Å². The second-order valence-corrected chi connectivity index (χ2v) is 8.16. The van der Waals surface area contributed by atoms with Crippen molar-refractivity contribution in [3.05, 3.63) is 64.9 Å². The van der Waals surface area contributed by atoms with E-state index in [9.17, 15) is 9.59 Å². The molecule has 32 heavy (non-hydrogen) atoms. The molecule has 9 nitrogen and oxygen atoms in total. The fourth-order valence-corrected chi connectivity index (χ4v) is 3.82. The molecule has 1 atom stereocenters. The molecule has 1 amide bonds. The van der Waals surface area contributed by atoms with Crippen molar-refractivity contribution in [3.63, 3.8) is 0 Å². The van der Waals surface area contributed by atoms with E-state index in [4.69, 9.17) is 10.3 Å². The molecule has 1 unspecified atom stereocenters. The lowest BCUT2D eigenvalue weighted by molar-refractivity contribution is -0.128. The van der Waals surface area contributed by atoms with Crippen LogP contribution in [0.1, 0.15) is 46.4 Å². The van der Waals surface area contributed by atoms with Crippen molar-refractivity contribution >= 4 is 17.6 Å². The van der Waals surface area contributed by atoms with Crippen molar-refractivity contribution in [2.75, 3.05) is 7.05 Å². The van der Waals surface area contributed by atoms with E-state index in [1.54, 1.807) is 20.2 Å². The van der Waals surface area contributed by atoms with Gasteiger partial charge in [-0.15, -0.1) is 0 Å². The van der Waals surface area contributed by atoms with Gasteiger partial charge in [0.05, 0.1) is 41.3 Å². The first-order chi connectivity index (χ1) is 15.2. The number of guanidine groups is 1. The van der Waals surface area contributed by atoms with Gasteiger partial charge in [-0.25, -0.2) is 9.98 Å². The molecule has 4 rings (SSSR count). The maximum atomic E-state index is 12.8. The first-order valence-corrected chi connectivity index (χ1v) is 10.2. The third-order valence-electron chi connectivity index (χ3n) is 5.72. The van der Waals surface area contributed by atoms with Gasteiger partial charge in [-0.2, -0.15) is 0 Å². The zero-order chi connectivity index (χ0) is 23.0. The number of aliphatic imine (C=N–C) groups is 1. The second-order valence-electron chi connectivity index (χ2n) is 8.16. The van der Waals surface area contributed by atoms with Crippen molar-refractivity contribution in [1.82, 2.24) is 20.0 Å². The number of ketones is 1. The van der Waals surface area contributed by atoms with Crippen LogP contribution < -0.4 is 5.73 Å². The number of aromatic nitrogens is 3. The number of rotatable bonds is 5. The van der Waals surface area contributed by atoms with Gasteiger partial charge in [-0.3, -0.25) is 19.5 Å². The summed E-state index contributed by atoms with van der Waals surface area (Å²) in [6, 6.07) is 7.49. The number of aryl methyl sites for hydroxylation is 2. The summed E-state index contributed by atoms with van der Waals surface area (Å²) in [5.41, 5.74) is 9.15. The number of nitrogens with two attached hydrogens (primary N) is 1. The molecular formula is C23H24N6O3. The molecule has 3 aromatic rings. The van der Waals surface area contributed by atoms with E-state index in [1.165, 1.54) is 11.1 Å². The average molecular weight is 432 g/mol. The van der Waals surface area contributed by atoms with Gasteiger partial charge in [0.25, 0.3) is 0 Å². The molecule has 2 N–H and O–H groups in total. The predicted molar refractivity (Wildman–Crippen MR) is 118 cm³/mol. The SMILES string of the molecule is Cc1noc(C)c1-c1cnc(C(=O)Cc2cccc(C3(C)CC(=O)N(C)C(N)=N3)c2)cn1. The third kappa shape index (κ3) is 3.89. The number of carbonyl (C=O) groups is 2. The number of hydrogen-bond acceptors (Lipinski definition) is 8. The summed E-state index contributed by atoms with van der Waals surface area (Å²) in [5, 5.41) is 3.92. The Labute approximate surface area is 185 Å². The maximum absolute atomic E-state index is 12.8. The van der Waals surface area contributed by atoms with Gasteiger partial charge < -0.3 is 10.3 Å². The molecule has 1 aliphatic rings. The first kappa shape index (κ1) is 21.4. The van der Waals surface area contributed by atoms with Crippen LogP contribution in [-0.4, -0.2) is 44.7 Å². The fraction of sp³-hybridized carbons (Fsp3) is 0.304. The van der Waals surface area contributed by atoms with Crippen LogP contribution in [0, 0.1) is 13.8 Å². The lowest BCUT2D eigenvalue weighted by atomic mass is 9.86. The number of benzene rings is 1. The van der Waals surface area contributed by atoms with Gasteiger partial charge >= 0.3 is 0 Å². The minimum atomic E-state index is -0.775. The Kier molecular flexibility index (Phi) is 5.33. The van der Waals surface area contributed by atoms with Crippen LogP contribution in [0.3, 0.4) is 0 Å². The van der Waals surface area contributed by atoms with Gasteiger partial charge in [0.1, 0.15) is 11.5 Å². The zero-order valence-corrected chi connectivity index (χ0v) is 18.4. The van der Waals surface area contributed by atoms with E-state index in [2.05, 4.69) is 20.1 Å². The van der Waals surface area contributed by atoms with Crippen LogP contribution in [0.25, 0.3) is 11.3 Å². The highest BCUT2D eigenvalue weighted by atomic mass is 16.5. The Hall–Kier alpha value is -3.88. The lowest BCUT2D eigenvalue weighted by Gasteiger charge is -2.33. The summed E-state index contributed by atoms with van der Waals surface area (Å²) in [5.74, 6) is 0.568. The Balaban J connectivity index is 1.54. The van der Waals surface area contributed by atoms with Crippen LogP contribution in [0.4, 0.5) is 0 Å². The summed E-state index contributed by atoms with van der Waals surface area (Å²) >= 11 is 0. The molecular weight excluding hydrogens is 408 g/mol. The van der Waals surface area contributed by atoms with Crippen LogP contribution in [0.5, 0.6) is 0 Å². The number of nitrogens with zero attached hydrogens (tertiary/aromatic N) is 5. The fourth-order valence-electron chi connectivity index (χ4n) is 3.82. The predicted octanol–water partition coefficient (Wildman–Crippen LogP) is 2.57. The summed E-state index contributed by atoms with van der Waals surface area (Å²) in [7, 11) is 1.61. The average Bonchev–Trinajstić information content (AvgIpc) is 3.10. The quantitative estimate of drug-likeness (QED) is 0.614. The molecule has 0 saturated heterocycles. The zero-order valence-electron chi connectivity index (χ0n) is 18.4. The van der Waals surface area contributed by atoms with Crippen LogP contribution >= 0.6 is 0 Å². The molecule has 0 fully saturated rings. The largest absolute Gasteiger partial charge is 0.369 e. The number of carbonyl (C=O) groups excluding carboxylic acids is 2. The van der Waals surface area contributed by atoms with E-state index < -0.39 is 5.54 Å². The Bertz CT molecular complexity index is 1210. The van der Waals surface area contributed by atoms with Crippen LogP contribution in [0.15, 0.2) is 46.2 Å². The van der Waals surface area contributed by atoms with E-state index in [-0.39, 0.29) is 36.2 Å². The normalized spacial score (nSPS) is 18.6. The van der Waals surface area contributed by atoms with E-state index in [0.717, 1.165) is 22.4 Å². The monoisotopic (exact) mass is 432 g/mol. The Morgan fingerprint density at radius 1 is 1.25 bits per heavy atom. The second kappa shape index (κ2) is 7.99. The smallest absolute Gasteiger partial charge is 0.231 e. The van der Waals surface area contributed by atoms with Gasteiger partial charge in [0, 0.05) is 13.5 Å². The molecule has 0 radical (unpaired) electrons. The number of Topliss-reactive ketones (excluding diaryl/α,β-unsaturated/α-hetero) is 1. The van der Waals surface area contributed by atoms with Crippen LogP contribution in [0.2, 0.25) is 0 Å². The summed E-state index contributed by atoms with van der Waals surface area (Å²) in [4.78, 5) is 39.6. The van der Waals surface area contributed by atoms with Crippen LogP contribution in [-0.2, 0) is 16.8 Å². The molecule has 0 spiro atoms. The Morgan fingerprint density at radius 3 is 2.66 bits per heavy atom. The molecule has 0 aliphatic carbocycles. The van der Waals surface area contributed by atoms with Crippen molar-refractivity contribution in [2.24, 2.45) is 10.7 Å². The van der Waals surface area contributed by atoms with Gasteiger partial charge in [-0.05, 0) is 31.9 Å². The minimum absolute atomic E-state index is 0.102. The molecule has 0 bridgehead atoms. The molecule has 9 heteroatoms. The van der Waals surface area contributed by atoms with E-state index in [1.807, 2.05) is 38.1 Å². The van der Waals surface area contributed by atoms with Gasteiger partial charge in [0.15, 0.2) is 11.7 Å². The van der Waals surface area contributed by atoms with Gasteiger partial charge in [-0.1, -0.05) is 29.4 Å². The Morgan fingerprint density at radius 2 is 2.03 bits per heavy atom. The van der Waals surface area contributed by atoms with Crippen molar-refractivity contribution in [2.45, 2.75) is 39.2 Å². The first-order valence-electron chi connectivity index (χ1n) is 10.2. The summed E-state index contributed by atoms with van der Waals surface area (Å²) < 4.78 is 5.17. The maximum Gasteiger partial charge on any atom is 0.231 e. The molecule has 164 valence electrons. The molecule has 1 aromatic carbocycles. The molecule has 0 saturated carbocycles. The molecule has 1 aliphatic heterocycles. The molecule has 2 aromatic heterocycles. The number of amides is 1. The van der Waals surface area contributed by atoms with Crippen molar-refractivity contribution in [3.8, 4) is 11.3 Å². The standard InChI is InChI=1S/C23H24N6O3/c1-13-21(14(2)32-28-13)18-12-25-17(11-26-18)19(30)9-15-6-5-7-16(8-15)23(3)10-20(31)29(4)22(24)27-23/h5-8,11-12H,9-10H2,1-4H3,(H2,24,27). The highest BCUT2D eigenvalue weighted by Crippen LogP contribution is 2.33. The topological polar surface area (TPSA) is 128 Å². The summed E-state index contributed by atoms with van der Waals surface area (Å²) in [6.07, 6.45) is 3.38. The summed E-state index contributed by atoms with van der Waals surface area (Å²) in [6.45, 7) is 5.50. The van der Waals surface area contributed by atoms with Gasteiger partial charge in [0.2, 0.25) is 5.91 Å². The highest BCUT2D eigenvalue weighted by Gasteiger charge is 2.36. The van der Waals surface area contributed by atoms with Crippen molar-refractivity contribution in [1.29, 1.82) is 0 Å². The van der Waals surface area contributed by atoms with Crippen molar-refractivity contribution < 1.29 is 14.1 Å². The minimum Gasteiger partial charge on any atom is -0.369 e. The number of hydrogen-bond donors (Lipinski definition) is 1. The molecule has 3 heterocycles. The third-order valence-corrected chi connectivity index (χ3v) is 5.72. The van der Waals surface area contributed by atoms with E-state index >= 15 is 0 Å².